The van der Waals surface area contributed by atoms with Crippen molar-refractivity contribution in [3.8, 4) is 6.07 Å². The Morgan fingerprint density at radius 3 is 3.06 bits per heavy atom. The molecule has 2 atom stereocenters. The van der Waals surface area contributed by atoms with Crippen molar-refractivity contribution in [2.75, 3.05) is 13.2 Å². The summed E-state index contributed by atoms with van der Waals surface area (Å²) in [4.78, 5) is 19.0. The fourth-order valence-electron chi connectivity index (χ4n) is 2.24. The maximum absolute atomic E-state index is 11.9. The molecule has 0 radical (unpaired) electrons. The quantitative estimate of drug-likeness (QED) is 0.679. The second-order valence-electron chi connectivity index (χ2n) is 4.32. The van der Waals surface area contributed by atoms with Crippen molar-refractivity contribution in [3.05, 3.63) is 0 Å². The minimum absolute atomic E-state index is 0.134. The average molecular weight is 223 g/mol. The van der Waals surface area contributed by atoms with Crippen LogP contribution in [0.4, 0.5) is 4.79 Å². The predicted molar refractivity (Wildman–Crippen MR) is 57.2 cm³/mol. The molecule has 2 rings (SSSR count). The van der Waals surface area contributed by atoms with Crippen molar-refractivity contribution in [1.82, 2.24) is 9.96 Å². The van der Waals surface area contributed by atoms with Crippen LogP contribution in [0.2, 0.25) is 0 Å². The first-order valence-electron chi connectivity index (χ1n) is 5.90. The number of nitrogens with zero attached hydrogens (tertiary/aromatic N) is 3. The van der Waals surface area contributed by atoms with Crippen molar-refractivity contribution >= 4 is 6.03 Å². The zero-order valence-corrected chi connectivity index (χ0v) is 9.56. The SMILES string of the molecule is CCCCON1C(=O)N2C[C@H]1CC[C@H]2C#N. The summed E-state index contributed by atoms with van der Waals surface area (Å²) >= 11 is 0. The number of piperidine rings is 1. The molecule has 0 unspecified atom stereocenters. The van der Waals surface area contributed by atoms with E-state index in [9.17, 15) is 4.79 Å². The predicted octanol–water partition coefficient (Wildman–Crippen LogP) is 1.51. The largest absolute Gasteiger partial charge is 0.345 e. The minimum atomic E-state index is -0.261. The van der Waals surface area contributed by atoms with E-state index < -0.39 is 0 Å². The number of rotatable bonds is 4. The van der Waals surface area contributed by atoms with Crippen LogP contribution in [-0.2, 0) is 4.84 Å². The average Bonchev–Trinajstić information content (AvgIpc) is 2.55. The number of urea groups is 1. The van der Waals surface area contributed by atoms with Crippen LogP contribution in [-0.4, -0.2) is 41.2 Å². The van der Waals surface area contributed by atoms with Gasteiger partial charge < -0.3 is 4.90 Å². The molecule has 0 aromatic rings. The van der Waals surface area contributed by atoms with Crippen LogP contribution in [0.1, 0.15) is 32.6 Å². The number of nitriles is 1. The monoisotopic (exact) mass is 223 g/mol. The molecule has 5 heteroatoms. The molecule has 0 saturated carbocycles. The summed E-state index contributed by atoms with van der Waals surface area (Å²) in [5.74, 6) is 0. The number of unbranched alkanes of at least 4 members (excludes halogenated alkanes) is 1. The lowest BCUT2D eigenvalue weighted by atomic mass is 10.0. The molecular formula is C11H17N3O2. The van der Waals surface area contributed by atoms with Gasteiger partial charge in [0.2, 0.25) is 0 Å². The van der Waals surface area contributed by atoms with Crippen molar-refractivity contribution < 1.29 is 9.63 Å². The molecule has 2 aliphatic rings. The second-order valence-corrected chi connectivity index (χ2v) is 4.32. The molecule has 0 aromatic heterocycles. The van der Waals surface area contributed by atoms with Gasteiger partial charge in [-0.15, -0.1) is 0 Å². The number of carbonyl (C=O) groups is 1. The minimum Gasteiger partial charge on any atom is -0.305 e. The van der Waals surface area contributed by atoms with Crippen LogP contribution in [0.5, 0.6) is 0 Å². The molecule has 2 saturated heterocycles. The number of hydroxylamine groups is 2. The maximum Gasteiger partial charge on any atom is 0.345 e. The highest BCUT2D eigenvalue weighted by Crippen LogP contribution is 2.29. The van der Waals surface area contributed by atoms with Crippen molar-refractivity contribution in [1.29, 1.82) is 5.26 Å². The van der Waals surface area contributed by atoms with E-state index in [4.69, 9.17) is 10.1 Å². The lowest BCUT2D eigenvalue weighted by Crippen LogP contribution is -2.38. The van der Waals surface area contributed by atoms with Gasteiger partial charge in [0, 0.05) is 6.54 Å². The van der Waals surface area contributed by atoms with Gasteiger partial charge in [-0.1, -0.05) is 13.3 Å². The van der Waals surface area contributed by atoms with Crippen LogP contribution in [0.3, 0.4) is 0 Å². The first-order valence-corrected chi connectivity index (χ1v) is 5.90. The van der Waals surface area contributed by atoms with Gasteiger partial charge in [0.05, 0.1) is 18.7 Å². The second kappa shape index (κ2) is 4.71. The molecule has 16 heavy (non-hydrogen) atoms. The van der Waals surface area contributed by atoms with Crippen molar-refractivity contribution in [3.63, 3.8) is 0 Å². The number of hydrogen-bond donors (Lipinski definition) is 0. The molecular weight excluding hydrogens is 206 g/mol. The standard InChI is InChI=1S/C11H17N3O2/c1-2-3-6-16-14-10-5-4-9(7-12)13(8-10)11(14)15/h9-10H,2-6,8H2,1H3/t9-,10+/m0/s1. The van der Waals surface area contributed by atoms with Gasteiger partial charge in [-0.3, -0.25) is 4.84 Å². The Bertz CT molecular complexity index is 313. The Kier molecular flexibility index (Phi) is 3.30. The number of carbonyl (C=O) groups excluding carboxylic acids is 1. The normalized spacial score (nSPS) is 28.4. The highest BCUT2D eigenvalue weighted by atomic mass is 16.7. The van der Waals surface area contributed by atoms with Gasteiger partial charge in [-0.25, -0.2) is 4.79 Å². The molecule has 0 aromatic carbocycles. The molecule has 2 heterocycles. The first kappa shape index (κ1) is 11.2. The zero-order chi connectivity index (χ0) is 11.5. The molecule has 2 fully saturated rings. The van der Waals surface area contributed by atoms with Crippen molar-refractivity contribution in [2.24, 2.45) is 0 Å². The molecule has 88 valence electrons. The van der Waals surface area contributed by atoms with E-state index >= 15 is 0 Å². The maximum atomic E-state index is 11.9. The van der Waals surface area contributed by atoms with Crippen molar-refractivity contribution in [2.45, 2.75) is 44.7 Å². The Morgan fingerprint density at radius 2 is 2.38 bits per heavy atom. The third-order valence-corrected chi connectivity index (χ3v) is 3.20. The topological polar surface area (TPSA) is 56.6 Å². The van der Waals surface area contributed by atoms with Crippen LogP contribution in [0, 0.1) is 11.3 Å². The molecule has 0 N–H and O–H groups in total. The van der Waals surface area contributed by atoms with Gasteiger partial charge in [-0.2, -0.15) is 10.3 Å². The first-order chi connectivity index (χ1) is 7.77. The fraction of sp³-hybridized carbons (Fsp3) is 0.818. The summed E-state index contributed by atoms with van der Waals surface area (Å²) in [7, 11) is 0. The third-order valence-electron chi connectivity index (χ3n) is 3.20. The fourth-order valence-corrected chi connectivity index (χ4v) is 2.24. The number of fused-ring (bicyclic) bond motifs is 2. The molecule has 0 spiro atoms. The Labute approximate surface area is 95.5 Å². The van der Waals surface area contributed by atoms with E-state index in [0.717, 1.165) is 25.7 Å². The zero-order valence-electron chi connectivity index (χ0n) is 9.56. The summed E-state index contributed by atoms with van der Waals surface area (Å²) < 4.78 is 0. The molecule has 2 aliphatic heterocycles. The summed E-state index contributed by atoms with van der Waals surface area (Å²) in [6, 6.07) is 1.93. The van der Waals surface area contributed by atoms with E-state index in [2.05, 4.69) is 13.0 Å². The molecule has 5 nitrogen and oxygen atoms in total. The van der Waals surface area contributed by atoms with Crippen LogP contribution >= 0.6 is 0 Å². The van der Waals surface area contributed by atoms with Crippen LogP contribution in [0.15, 0.2) is 0 Å². The summed E-state index contributed by atoms with van der Waals surface area (Å²) in [6.45, 7) is 3.32. The van der Waals surface area contributed by atoms with E-state index in [0.29, 0.717) is 13.2 Å². The molecule has 2 amide bonds. The summed E-state index contributed by atoms with van der Waals surface area (Å²) in [5.41, 5.74) is 0. The van der Waals surface area contributed by atoms with Crippen LogP contribution < -0.4 is 0 Å². The molecule has 0 aliphatic carbocycles. The Morgan fingerprint density at radius 1 is 1.56 bits per heavy atom. The van der Waals surface area contributed by atoms with E-state index in [1.807, 2.05) is 0 Å². The Balaban J connectivity index is 1.97. The Hall–Kier alpha value is -1.28. The third kappa shape index (κ3) is 1.85. The van der Waals surface area contributed by atoms with Gasteiger partial charge in [0.25, 0.3) is 0 Å². The number of hydrogen-bond acceptors (Lipinski definition) is 3. The van der Waals surface area contributed by atoms with Crippen LogP contribution in [0.25, 0.3) is 0 Å². The lowest BCUT2D eigenvalue weighted by molar-refractivity contribution is -0.130. The van der Waals surface area contributed by atoms with E-state index in [1.165, 1.54) is 5.06 Å². The summed E-state index contributed by atoms with van der Waals surface area (Å²) in [5, 5.41) is 10.4. The van der Waals surface area contributed by atoms with Gasteiger partial charge >= 0.3 is 6.03 Å². The highest BCUT2D eigenvalue weighted by molar-refractivity contribution is 5.77. The number of amides is 2. The smallest absolute Gasteiger partial charge is 0.305 e. The van der Waals surface area contributed by atoms with E-state index in [-0.39, 0.29) is 18.1 Å². The lowest BCUT2D eigenvalue weighted by Gasteiger charge is -2.25. The van der Waals surface area contributed by atoms with Gasteiger partial charge in [-0.05, 0) is 19.3 Å². The molecule has 2 bridgehead atoms. The highest BCUT2D eigenvalue weighted by Gasteiger charge is 2.45. The van der Waals surface area contributed by atoms with Gasteiger partial charge in [0.15, 0.2) is 0 Å². The summed E-state index contributed by atoms with van der Waals surface area (Å²) in [6.07, 6.45) is 3.64. The van der Waals surface area contributed by atoms with E-state index in [1.54, 1.807) is 4.90 Å². The van der Waals surface area contributed by atoms with Gasteiger partial charge in [0.1, 0.15) is 6.04 Å².